The van der Waals surface area contributed by atoms with Gasteiger partial charge in [0.2, 0.25) is 5.91 Å². The highest BCUT2D eigenvalue weighted by Crippen LogP contribution is 2.19. The molecule has 0 aliphatic rings. The Morgan fingerprint density at radius 1 is 0.822 bits per heavy atom. The molecular formula is C33H41N3O9. The summed E-state index contributed by atoms with van der Waals surface area (Å²) in [5, 5.41) is 7.45. The molecule has 0 heterocycles. The Bertz CT molecular complexity index is 1370. The monoisotopic (exact) mass is 623 g/mol. The average molecular weight is 624 g/mol. The number of carbonyl (C=O) groups excluding carboxylic acids is 5. The van der Waals surface area contributed by atoms with Gasteiger partial charge in [-0.15, -0.1) is 0 Å². The molecule has 45 heavy (non-hydrogen) atoms. The predicted molar refractivity (Wildman–Crippen MR) is 166 cm³/mol. The molecule has 2 aromatic carbocycles. The van der Waals surface area contributed by atoms with Crippen molar-refractivity contribution >= 4 is 41.7 Å². The van der Waals surface area contributed by atoms with Gasteiger partial charge in [0.15, 0.2) is 0 Å². The second-order valence-electron chi connectivity index (χ2n) is 9.80. The Morgan fingerprint density at radius 2 is 1.38 bits per heavy atom. The van der Waals surface area contributed by atoms with Crippen molar-refractivity contribution in [1.82, 2.24) is 4.90 Å². The molecule has 2 rings (SSSR count). The zero-order valence-electron chi connectivity index (χ0n) is 26.1. The van der Waals surface area contributed by atoms with Crippen molar-refractivity contribution in [3.63, 3.8) is 0 Å². The van der Waals surface area contributed by atoms with E-state index in [1.807, 2.05) is 0 Å². The van der Waals surface area contributed by atoms with E-state index in [0.717, 1.165) is 0 Å². The SMILES string of the molecule is CCOC(=O)CCCN(C(=O)/C(C)=C/c1ccc(C(=O)Oc2ccc(C(=N)N)cc2)cc1)[C@@H](CCC(=O)OCC)C(=O)OCC. The highest BCUT2D eigenvalue weighted by molar-refractivity contribution is 6.00. The highest BCUT2D eigenvalue weighted by atomic mass is 16.5. The summed E-state index contributed by atoms with van der Waals surface area (Å²) < 4.78 is 20.6. The van der Waals surface area contributed by atoms with Crippen LogP contribution >= 0.6 is 0 Å². The molecule has 0 aliphatic heterocycles. The molecule has 2 aromatic rings. The Labute approximate surface area is 263 Å². The number of nitrogen functional groups attached to an aromatic ring is 1. The van der Waals surface area contributed by atoms with Crippen molar-refractivity contribution in [2.24, 2.45) is 5.73 Å². The third kappa shape index (κ3) is 11.9. The first-order valence-electron chi connectivity index (χ1n) is 14.7. The van der Waals surface area contributed by atoms with Gasteiger partial charge in [-0.2, -0.15) is 0 Å². The second-order valence-corrected chi connectivity index (χ2v) is 9.80. The van der Waals surface area contributed by atoms with Crippen molar-refractivity contribution in [3.05, 3.63) is 70.8 Å². The average Bonchev–Trinajstić information content (AvgIpc) is 3.01. The minimum Gasteiger partial charge on any atom is -0.466 e. The van der Waals surface area contributed by atoms with E-state index < -0.39 is 35.8 Å². The molecule has 0 spiro atoms. The van der Waals surface area contributed by atoms with Crippen LogP contribution in [0.5, 0.6) is 5.75 Å². The third-order valence-electron chi connectivity index (χ3n) is 6.45. The number of carbonyl (C=O) groups is 5. The van der Waals surface area contributed by atoms with Gasteiger partial charge in [0.1, 0.15) is 17.6 Å². The molecule has 0 aromatic heterocycles. The zero-order chi connectivity index (χ0) is 33.4. The lowest BCUT2D eigenvalue weighted by Gasteiger charge is -2.30. The summed E-state index contributed by atoms with van der Waals surface area (Å²) in [6.45, 7) is 7.10. The molecule has 3 N–H and O–H groups in total. The van der Waals surface area contributed by atoms with Crippen LogP contribution in [-0.4, -0.2) is 72.9 Å². The molecular weight excluding hydrogens is 582 g/mol. The number of hydrogen-bond donors (Lipinski definition) is 2. The Balaban J connectivity index is 2.25. The number of ether oxygens (including phenoxy) is 4. The molecule has 12 heteroatoms. The maximum absolute atomic E-state index is 13.7. The summed E-state index contributed by atoms with van der Waals surface area (Å²) in [5.41, 5.74) is 7.10. The van der Waals surface area contributed by atoms with Crippen LogP contribution < -0.4 is 10.5 Å². The molecule has 0 saturated heterocycles. The number of nitrogens with two attached hydrogens (primary N) is 1. The number of esters is 4. The van der Waals surface area contributed by atoms with Crippen LogP contribution in [0.3, 0.4) is 0 Å². The van der Waals surface area contributed by atoms with E-state index in [0.29, 0.717) is 11.1 Å². The number of amidine groups is 1. The van der Waals surface area contributed by atoms with E-state index in [4.69, 9.17) is 30.1 Å². The largest absolute Gasteiger partial charge is 0.466 e. The number of hydrogen-bond acceptors (Lipinski definition) is 10. The maximum atomic E-state index is 13.7. The number of rotatable bonds is 17. The molecule has 1 atom stereocenters. The fraction of sp³-hybridized carbons (Fsp3) is 0.394. The van der Waals surface area contributed by atoms with Crippen LogP contribution in [0.1, 0.15) is 74.9 Å². The van der Waals surface area contributed by atoms with E-state index >= 15 is 0 Å². The molecule has 242 valence electrons. The minimum absolute atomic E-state index is 0.0234. The standard InChI is InChI=1S/C33H41N3O9/c1-5-42-28(37)9-8-20-36(27(33(41)44-7-3)18-19-29(38)43-6-2)31(39)22(4)21-23-10-12-25(13-11-23)32(40)45-26-16-14-24(15-17-26)30(34)35/h10-17,21,27H,5-9,18-20H2,1-4H3,(H3,34,35)/b22-21+/t27-/m0/s1. The molecule has 0 radical (unpaired) electrons. The van der Waals surface area contributed by atoms with Gasteiger partial charge in [-0.25, -0.2) is 9.59 Å². The normalized spacial score (nSPS) is 11.6. The van der Waals surface area contributed by atoms with Crippen LogP contribution in [-0.2, 0) is 33.4 Å². The van der Waals surface area contributed by atoms with Gasteiger partial charge in [0.25, 0.3) is 0 Å². The summed E-state index contributed by atoms with van der Waals surface area (Å²) in [6.07, 6.45) is 1.72. The molecule has 0 bridgehead atoms. The van der Waals surface area contributed by atoms with Crippen molar-refractivity contribution in [1.29, 1.82) is 5.41 Å². The first-order chi connectivity index (χ1) is 21.5. The molecule has 0 unspecified atom stereocenters. The van der Waals surface area contributed by atoms with E-state index in [1.54, 1.807) is 70.2 Å². The van der Waals surface area contributed by atoms with E-state index in [2.05, 4.69) is 0 Å². The van der Waals surface area contributed by atoms with E-state index in [9.17, 15) is 24.0 Å². The number of benzene rings is 2. The first kappa shape index (κ1) is 36.2. The van der Waals surface area contributed by atoms with Gasteiger partial charge < -0.3 is 29.6 Å². The minimum atomic E-state index is -1.09. The van der Waals surface area contributed by atoms with Crippen molar-refractivity contribution in [3.8, 4) is 5.75 Å². The number of nitrogens with one attached hydrogen (secondary N) is 1. The Kier molecular flexibility index (Phi) is 15.0. The van der Waals surface area contributed by atoms with Crippen LogP contribution in [0.2, 0.25) is 0 Å². The van der Waals surface area contributed by atoms with Gasteiger partial charge >= 0.3 is 23.9 Å². The summed E-state index contributed by atoms with van der Waals surface area (Å²) in [4.78, 5) is 64.7. The first-order valence-corrected chi connectivity index (χ1v) is 14.7. The summed E-state index contributed by atoms with van der Waals surface area (Å²) >= 11 is 0. The highest BCUT2D eigenvalue weighted by Gasteiger charge is 2.32. The Morgan fingerprint density at radius 3 is 1.93 bits per heavy atom. The summed E-state index contributed by atoms with van der Waals surface area (Å²) in [6, 6.07) is 11.5. The summed E-state index contributed by atoms with van der Waals surface area (Å²) in [5.74, 6) is -2.50. The Hall–Kier alpha value is -5.00. The molecule has 0 fully saturated rings. The second kappa shape index (κ2) is 18.6. The third-order valence-corrected chi connectivity index (χ3v) is 6.45. The lowest BCUT2D eigenvalue weighted by atomic mass is 10.0. The topological polar surface area (TPSA) is 175 Å². The lowest BCUT2D eigenvalue weighted by Crippen LogP contribution is -2.47. The predicted octanol–water partition coefficient (Wildman–Crippen LogP) is 4.04. The van der Waals surface area contributed by atoms with Crippen molar-refractivity contribution in [2.75, 3.05) is 26.4 Å². The summed E-state index contributed by atoms with van der Waals surface area (Å²) in [7, 11) is 0. The lowest BCUT2D eigenvalue weighted by molar-refractivity contribution is -0.155. The van der Waals surface area contributed by atoms with Gasteiger partial charge in [-0.1, -0.05) is 12.1 Å². The van der Waals surface area contributed by atoms with Gasteiger partial charge in [0, 0.05) is 30.5 Å². The van der Waals surface area contributed by atoms with Gasteiger partial charge in [-0.05, 0) is 88.6 Å². The van der Waals surface area contributed by atoms with Gasteiger partial charge in [-0.3, -0.25) is 19.8 Å². The maximum Gasteiger partial charge on any atom is 0.343 e. The van der Waals surface area contributed by atoms with Crippen LogP contribution in [0.15, 0.2) is 54.1 Å². The fourth-order valence-electron chi connectivity index (χ4n) is 4.28. The number of nitrogens with zero attached hydrogens (tertiary/aromatic N) is 1. The van der Waals surface area contributed by atoms with Crippen molar-refractivity contribution in [2.45, 2.75) is 59.4 Å². The smallest absolute Gasteiger partial charge is 0.343 e. The molecule has 0 aliphatic carbocycles. The van der Waals surface area contributed by atoms with E-state index in [1.165, 1.54) is 17.0 Å². The zero-order valence-corrected chi connectivity index (χ0v) is 26.1. The van der Waals surface area contributed by atoms with Gasteiger partial charge in [0.05, 0.1) is 25.4 Å². The van der Waals surface area contributed by atoms with Crippen LogP contribution in [0.4, 0.5) is 0 Å². The molecule has 12 nitrogen and oxygen atoms in total. The van der Waals surface area contributed by atoms with E-state index in [-0.39, 0.29) is 74.8 Å². The quantitative estimate of drug-likeness (QED) is 0.0653. The van der Waals surface area contributed by atoms with Crippen LogP contribution in [0.25, 0.3) is 6.08 Å². The fourth-order valence-corrected chi connectivity index (χ4v) is 4.28. The van der Waals surface area contributed by atoms with Crippen LogP contribution in [0, 0.1) is 5.41 Å². The molecule has 1 amide bonds. The number of amides is 1. The molecule has 0 saturated carbocycles. The van der Waals surface area contributed by atoms with Crippen molar-refractivity contribution < 1.29 is 42.9 Å².